The van der Waals surface area contributed by atoms with Gasteiger partial charge in [-0.3, -0.25) is 4.79 Å². The quantitative estimate of drug-likeness (QED) is 0.458. The summed E-state index contributed by atoms with van der Waals surface area (Å²) < 4.78 is 0. The molecule has 0 atom stereocenters. The zero-order valence-corrected chi connectivity index (χ0v) is 15.0. The van der Waals surface area contributed by atoms with Gasteiger partial charge in [-0.15, -0.1) is 0 Å². The van der Waals surface area contributed by atoms with Gasteiger partial charge in [0.2, 0.25) is 5.91 Å². The lowest BCUT2D eigenvalue weighted by molar-refractivity contribution is -0.130. The molecule has 1 aliphatic heterocycles. The summed E-state index contributed by atoms with van der Waals surface area (Å²) in [5.74, 6) is 0.828. The summed E-state index contributed by atoms with van der Waals surface area (Å²) in [5.41, 5.74) is 2.61. The van der Waals surface area contributed by atoms with Gasteiger partial charge in [-0.25, -0.2) is 4.99 Å². The van der Waals surface area contributed by atoms with Gasteiger partial charge >= 0.3 is 0 Å². The van der Waals surface area contributed by atoms with Crippen LogP contribution in [0.15, 0.2) is 29.3 Å². The van der Waals surface area contributed by atoms with Crippen LogP contribution in [-0.4, -0.2) is 42.9 Å². The number of nitrogens with one attached hydrogen (secondary N) is 2. The minimum absolute atomic E-state index is 0.0928. The fourth-order valence-electron chi connectivity index (χ4n) is 2.88. The molecule has 0 radical (unpaired) electrons. The predicted molar refractivity (Wildman–Crippen MR) is 99.1 cm³/mol. The number of aliphatic imine (C=N–C) groups is 1. The third kappa shape index (κ3) is 5.55. The lowest BCUT2D eigenvalue weighted by Gasteiger charge is -2.28. The molecule has 132 valence electrons. The molecular weight excluding hydrogens is 300 g/mol. The minimum Gasteiger partial charge on any atom is -0.357 e. The number of amides is 1. The number of carbonyl (C=O) groups is 1. The van der Waals surface area contributed by atoms with Crippen molar-refractivity contribution in [1.29, 1.82) is 0 Å². The smallest absolute Gasteiger partial charge is 0.244 e. The van der Waals surface area contributed by atoms with Crippen LogP contribution in [0.3, 0.4) is 0 Å². The Morgan fingerprint density at radius 3 is 2.71 bits per heavy atom. The second-order valence-electron chi connectivity index (χ2n) is 6.16. The topological polar surface area (TPSA) is 56.7 Å². The average Bonchev–Trinajstić information content (AvgIpc) is 2.62. The van der Waals surface area contributed by atoms with Crippen molar-refractivity contribution in [3.05, 3.63) is 35.4 Å². The van der Waals surface area contributed by atoms with Crippen LogP contribution in [-0.2, 0) is 17.8 Å². The molecule has 0 aliphatic carbocycles. The molecule has 24 heavy (non-hydrogen) atoms. The van der Waals surface area contributed by atoms with E-state index in [4.69, 9.17) is 0 Å². The van der Waals surface area contributed by atoms with Gasteiger partial charge in [0, 0.05) is 26.2 Å². The van der Waals surface area contributed by atoms with Crippen LogP contribution < -0.4 is 10.6 Å². The number of guanidine groups is 1. The minimum atomic E-state index is 0.0928. The zero-order valence-electron chi connectivity index (χ0n) is 15.0. The fraction of sp³-hybridized carbons (Fsp3) is 0.579. The molecule has 0 bridgehead atoms. The van der Waals surface area contributed by atoms with Crippen molar-refractivity contribution in [2.24, 2.45) is 4.99 Å². The van der Waals surface area contributed by atoms with Crippen molar-refractivity contribution in [1.82, 2.24) is 15.5 Å². The molecule has 0 saturated heterocycles. The summed E-state index contributed by atoms with van der Waals surface area (Å²) in [4.78, 5) is 18.8. The van der Waals surface area contributed by atoms with Crippen molar-refractivity contribution >= 4 is 11.9 Å². The van der Waals surface area contributed by atoms with Crippen LogP contribution in [0.2, 0.25) is 0 Å². The number of rotatable bonds is 7. The third-order valence-electron chi connectivity index (χ3n) is 4.27. The number of hydrogen-bond acceptors (Lipinski definition) is 2. The molecule has 0 unspecified atom stereocenters. The zero-order chi connectivity index (χ0) is 17.2. The lowest BCUT2D eigenvalue weighted by atomic mass is 10.00. The Labute approximate surface area is 145 Å². The molecule has 0 aromatic heterocycles. The van der Waals surface area contributed by atoms with Crippen molar-refractivity contribution in [3.63, 3.8) is 0 Å². The van der Waals surface area contributed by atoms with Crippen LogP contribution in [0, 0.1) is 0 Å². The van der Waals surface area contributed by atoms with E-state index in [0.29, 0.717) is 6.54 Å². The van der Waals surface area contributed by atoms with E-state index >= 15 is 0 Å². The molecular formula is C19H30N4O. The van der Waals surface area contributed by atoms with Gasteiger partial charge in [0.1, 0.15) is 6.54 Å². The highest BCUT2D eigenvalue weighted by atomic mass is 16.2. The number of benzene rings is 1. The first-order valence-corrected chi connectivity index (χ1v) is 9.11. The summed E-state index contributed by atoms with van der Waals surface area (Å²) >= 11 is 0. The van der Waals surface area contributed by atoms with Gasteiger partial charge in [0.05, 0.1) is 0 Å². The summed E-state index contributed by atoms with van der Waals surface area (Å²) in [6.45, 7) is 7.60. The monoisotopic (exact) mass is 330 g/mol. The normalized spacial score (nSPS) is 14.2. The van der Waals surface area contributed by atoms with Gasteiger partial charge in [-0.2, -0.15) is 0 Å². The van der Waals surface area contributed by atoms with Gasteiger partial charge < -0.3 is 15.5 Å². The van der Waals surface area contributed by atoms with E-state index in [-0.39, 0.29) is 12.5 Å². The predicted octanol–water partition coefficient (Wildman–Crippen LogP) is 2.32. The first kappa shape index (κ1) is 18.3. The molecule has 0 fully saturated rings. The maximum absolute atomic E-state index is 12.5. The maximum Gasteiger partial charge on any atom is 0.244 e. The highest BCUT2D eigenvalue weighted by Gasteiger charge is 2.19. The highest BCUT2D eigenvalue weighted by molar-refractivity contribution is 5.85. The SMILES string of the molecule is CCCCCNC(=NCC(=O)N1CCc2ccccc2C1)NCC. The maximum atomic E-state index is 12.5. The number of carbonyl (C=O) groups excluding carboxylic acids is 1. The summed E-state index contributed by atoms with van der Waals surface area (Å²) in [6.07, 6.45) is 4.46. The van der Waals surface area contributed by atoms with E-state index < -0.39 is 0 Å². The van der Waals surface area contributed by atoms with Crippen LogP contribution in [0.25, 0.3) is 0 Å². The fourth-order valence-corrected chi connectivity index (χ4v) is 2.88. The van der Waals surface area contributed by atoms with Crippen molar-refractivity contribution in [2.45, 2.75) is 46.1 Å². The summed E-state index contributed by atoms with van der Waals surface area (Å²) in [5, 5.41) is 6.50. The molecule has 2 rings (SSSR count). The highest BCUT2D eigenvalue weighted by Crippen LogP contribution is 2.18. The van der Waals surface area contributed by atoms with E-state index in [2.05, 4.69) is 40.7 Å². The molecule has 1 aromatic rings. The third-order valence-corrected chi connectivity index (χ3v) is 4.27. The Bertz CT molecular complexity index is 556. The molecule has 5 heteroatoms. The Balaban J connectivity index is 1.85. The van der Waals surface area contributed by atoms with E-state index in [0.717, 1.165) is 38.4 Å². The molecule has 5 nitrogen and oxygen atoms in total. The molecule has 0 spiro atoms. The van der Waals surface area contributed by atoms with E-state index in [1.807, 2.05) is 17.9 Å². The number of nitrogens with zero attached hydrogens (tertiary/aromatic N) is 2. The van der Waals surface area contributed by atoms with Crippen LogP contribution in [0.4, 0.5) is 0 Å². The Kier molecular flexibility index (Phi) is 7.59. The number of fused-ring (bicyclic) bond motifs is 1. The van der Waals surface area contributed by atoms with E-state index in [9.17, 15) is 4.79 Å². The van der Waals surface area contributed by atoms with Crippen molar-refractivity contribution < 1.29 is 4.79 Å². The first-order chi connectivity index (χ1) is 11.7. The van der Waals surface area contributed by atoms with Crippen molar-refractivity contribution in [2.75, 3.05) is 26.2 Å². The van der Waals surface area contributed by atoms with Gasteiger partial charge in [-0.05, 0) is 30.9 Å². The molecule has 2 N–H and O–H groups in total. The summed E-state index contributed by atoms with van der Waals surface area (Å²) in [6, 6.07) is 8.36. The Hall–Kier alpha value is -2.04. The van der Waals surface area contributed by atoms with Gasteiger partial charge in [0.25, 0.3) is 0 Å². The average molecular weight is 330 g/mol. The van der Waals surface area contributed by atoms with Crippen LogP contribution >= 0.6 is 0 Å². The first-order valence-electron chi connectivity index (χ1n) is 9.11. The molecule has 1 amide bonds. The Morgan fingerprint density at radius 2 is 1.96 bits per heavy atom. The molecule has 1 heterocycles. The Morgan fingerprint density at radius 1 is 1.17 bits per heavy atom. The van der Waals surface area contributed by atoms with Gasteiger partial charge in [0.15, 0.2) is 5.96 Å². The summed E-state index contributed by atoms with van der Waals surface area (Å²) in [7, 11) is 0. The number of unbranched alkanes of at least 4 members (excludes halogenated alkanes) is 2. The molecule has 1 aliphatic rings. The van der Waals surface area contributed by atoms with Crippen molar-refractivity contribution in [3.8, 4) is 0 Å². The molecule has 0 saturated carbocycles. The van der Waals surface area contributed by atoms with E-state index in [1.165, 1.54) is 24.0 Å². The standard InChI is InChI=1S/C19H30N4O/c1-3-5-8-12-21-19(20-4-2)22-14-18(24)23-13-11-16-9-6-7-10-17(16)15-23/h6-7,9-10H,3-5,8,11-15H2,1-2H3,(H2,20,21,22). The van der Waals surface area contributed by atoms with Crippen LogP contribution in [0.1, 0.15) is 44.2 Å². The van der Waals surface area contributed by atoms with E-state index in [1.54, 1.807) is 0 Å². The van der Waals surface area contributed by atoms with Crippen LogP contribution in [0.5, 0.6) is 0 Å². The number of hydrogen-bond donors (Lipinski definition) is 2. The molecule has 1 aromatic carbocycles. The second-order valence-corrected chi connectivity index (χ2v) is 6.16. The lowest BCUT2D eigenvalue weighted by Crippen LogP contribution is -2.40. The second kappa shape index (κ2) is 9.96. The van der Waals surface area contributed by atoms with Gasteiger partial charge in [-0.1, -0.05) is 44.0 Å². The largest absolute Gasteiger partial charge is 0.357 e.